The molecule has 0 fully saturated rings. The van der Waals surface area contributed by atoms with E-state index in [1.165, 1.54) is 17.1 Å². The summed E-state index contributed by atoms with van der Waals surface area (Å²) in [6.45, 7) is 0.209. The fourth-order valence-corrected chi connectivity index (χ4v) is 1.62. The van der Waals surface area contributed by atoms with Crippen LogP contribution in [0.25, 0.3) is 11.6 Å². The lowest BCUT2D eigenvalue weighted by Gasteiger charge is -1.92. The van der Waals surface area contributed by atoms with E-state index < -0.39 is 5.97 Å². The van der Waals surface area contributed by atoms with Crippen LogP contribution in [0, 0.1) is 0 Å². The van der Waals surface area contributed by atoms with Gasteiger partial charge in [0.2, 0.25) is 11.7 Å². The number of carboxylic acid groups (broad SMARTS) is 1. The molecular formula is C11H9N5O4. The van der Waals surface area contributed by atoms with Gasteiger partial charge in [-0.05, 0) is 12.1 Å². The molecule has 0 spiro atoms. The van der Waals surface area contributed by atoms with E-state index in [4.69, 9.17) is 14.0 Å². The van der Waals surface area contributed by atoms with E-state index in [0.717, 1.165) is 0 Å². The van der Waals surface area contributed by atoms with E-state index >= 15 is 0 Å². The summed E-state index contributed by atoms with van der Waals surface area (Å²) in [5.74, 6) is 0.208. The fourth-order valence-electron chi connectivity index (χ4n) is 1.62. The molecule has 3 aromatic heterocycles. The predicted molar refractivity (Wildman–Crippen MR) is 62.5 cm³/mol. The van der Waals surface area contributed by atoms with E-state index in [-0.39, 0.29) is 13.0 Å². The Morgan fingerprint density at radius 3 is 3.10 bits per heavy atom. The summed E-state index contributed by atoms with van der Waals surface area (Å²) in [6, 6.07) is 3.44. The third-order valence-electron chi connectivity index (χ3n) is 2.43. The average molecular weight is 275 g/mol. The van der Waals surface area contributed by atoms with E-state index in [2.05, 4.69) is 20.5 Å². The van der Waals surface area contributed by atoms with Crippen molar-refractivity contribution in [2.24, 2.45) is 0 Å². The summed E-state index contributed by atoms with van der Waals surface area (Å²) in [7, 11) is 0. The highest BCUT2D eigenvalue weighted by Crippen LogP contribution is 2.15. The largest absolute Gasteiger partial charge is 0.481 e. The van der Waals surface area contributed by atoms with Crippen molar-refractivity contribution in [2.45, 2.75) is 13.0 Å². The molecule has 0 aromatic carbocycles. The molecule has 0 unspecified atom stereocenters. The summed E-state index contributed by atoms with van der Waals surface area (Å²) in [4.78, 5) is 14.7. The Bertz CT molecular complexity index is 715. The second-order valence-electron chi connectivity index (χ2n) is 3.97. The lowest BCUT2D eigenvalue weighted by molar-refractivity contribution is -0.136. The fraction of sp³-hybridized carbons (Fsp3) is 0.182. The van der Waals surface area contributed by atoms with Crippen LogP contribution in [0.5, 0.6) is 0 Å². The van der Waals surface area contributed by atoms with Crippen LogP contribution in [0.4, 0.5) is 0 Å². The standard InChI is InChI=1S/C11H9N5O4/c17-10(18)4-7-5-16(15-13-7)6-9-12-11(14-20-9)8-2-1-3-19-8/h1-3,5H,4,6H2,(H,17,18). The highest BCUT2D eigenvalue weighted by atomic mass is 16.5. The van der Waals surface area contributed by atoms with Crippen LogP contribution >= 0.6 is 0 Å². The summed E-state index contributed by atoms with van der Waals surface area (Å²) in [5, 5.41) is 19.9. The van der Waals surface area contributed by atoms with E-state index in [1.807, 2.05) is 0 Å². The van der Waals surface area contributed by atoms with Crippen LogP contribution in [0.2, 0.25) is 0 Å². The highest BCUT2D eigenvalue weighted by molar-refractivity contribution is 5.69. The first-order valence-electron chi connectivity index (χ1n) is 5.68. The number of carbonyl (C=O) groups is 1. The van der Waals surface area contributed by atoms with Gasteiger partial charge in [0.25, 0.3) is 0 Å². The first kappa shape index (κ1) is 12.1. The van der Waals surface area contributed by atoms with Crippen molar-refractivity contribution in [3.63, 3.8) is 0 Å². The number of carboxylic acids is 1. The Labute approximate surface area is 111 Å². The molecule has 0 radical (unpaired) electrons. The van der Waals surface area contributed by atoms with Gasteiger partial charge in [-0.25, -0.2) is 4.68 Å². The molecule has 0 saturated heterocycles. The predicted octanol–water partition coefficient (Wildman–Crippen LogP) is 0.597. The van der Waals surface area contributed by atoms with Crippen LogP contribution in [0.15, 0.2) is 33.5 Å². The normalized spacial score (nSPS) is 10.8. The number of rotatable bonds is 5. The molecule has 3 aromatic rings. The topological polar surface area (TPSA) is 120 Å². The van der Waals surface area contributed by atoms with Gasteiger partial charge in [0.15, 0.2) is 5.76 Å². The summed E-state index contributed by atoms with van der Waals surface area (Å²) < 4.78 is 11.6. The molecule has 3 rings (SSSR count). The van der Waals surface area contributed by atoms with Crippen molar-refractivity contribution in [3.05, 3.63) is 36.2 Å². The second kappa shape index (κ2) is 4.96. The molecule has 102 valence electrons. The smallest absolute Gasteiger partial charge is 0.309 e. The number of nitrogens with zero attached hydrogens (tertiary/aromatic N) is 5. The molecule has 0 saturated carbocycles. The zero-order chi connectivity index (χ0) is 13.9. The molecule has 0 amide bonds. The van der Waals surface area contributed by atoms with Crippen LogP contribution in [0.1, 0.15) is 11.6 Å². The molecule has 0 atom stereocenters. The van der Waals surface area contributed by atoms with Gasteiger partial charge < -0.3 is 14.0 Å². The Balaban J connectivity index is 1.72. The Kier molecular flexibility index (Phi) is 2.99. The van der Waals surface area contributed by atoms with Gasteiger partial charge >= 0.3 is 5.97 Å². The third kappa shape index (κ3) is 2.55. The third-order valence-corrected chi connectivity index (χ3v) is 2.43. The molecule has 0 aliphatic rings. The minimum absolute atomic E-state index is 0.179. The Morgan fingerprint density at radius 1 is 1.45 bits per heavy atom. The van der Waals surface area contributed by atoms with Gasteiger partial charge in [0, 0.05) is 6.20 Å². The van der Waals surface area contributed by atoms with Gasteiger partial charge in [-0.3, -0.25) is 4.79 Å². The van der Waals surface area contributed by atoms with Crippen molar-refractivity contribution in [3.8, 4) is 11.6 Å². The number of aliphatic carboxylic acids is 1. The second-order valence-corrected chi connectivity index (χ2v) is 3.97. The van der Waals surface area contributed by atoms with Crippen LogP contribution in [0.3, 0.4) is 0 Å². The van der Waals surface area contributed by atoms with Gasteiger partial charge in [-0.1, -0.05) is 10.4 Å². The zero-order valence-electron chi connectivity index (χ0n) is 10.1. The lowest BCUT2D eigenvalue weighted by atomic mass is 10.3. The number of aromatic nitrogens is 5. The van der Waals surface area contributed by atoms with E-state index in [1.54, 1.807) is 12.1 Å². The summed E-state index contributed by atoms with van der Waals surface area (Å²) in [6.07, 6.45) is 2.85. The minimum atomic E-state index is -0.963. The van der Waals surface area contributed by atoms with Gasteiger partial charge in [0.1, 0.15) is 6.54 Å². The minimum Gasteiger partial charge on any atom is -0.481 e. The van der Waals surface area contributed by atoms with Crippen molar-refractivity contribution >= 4 is 5.97 Å². The number of hydrogen-bond donors (Lipinski definition) is 1. The van der Waals surface area contributed by atoms with Gasteiger partial charge in [-0.2, -0.15) is 4.98 Å². The Hall–Kier alpha value is -2.97. The van der Waals surface area contributed by atoms with Crippen molar-refractivity contribution in [1.82, 2.24) is 25.1 Å². The summed E-state index contributed by atoms with van der Waals surface area (Å²) >= 11 is 0. The SMILES string of the molecule is O=C(O)Cc1cn(Cc2nc(-c3ccco3)no2)nn1. The van der Waals surface area contributed by atoms with Crippen LogP contribution in [-0.2, 0) is 17.8 Å². The zero-order valence-corrected chi connectivity index (χ0v) is 10.1. The maximum absolute atomic E-state index is 10.5. The summed E-state index contributed by atoms with van der Waals surface area (Å²) in [5.41, 5.74) is 0.364. The molecule has 1 N–H and O–H groups in total. The highest BCUT2D eigenvalue weighted by Gasteiger charge is 2.12. The van der Waals surface area contributed by atoms with Gasteiger partial charge in [-0.15, -0.1) is 5.10 Å². The molecule has 9 nitrogen and oxygen atoms in total. The molecule has 9 heteroatoms. The van der Waals surface area contributed by atoms with Crippen molar-refractivity contribution in [1.29, 1.82) is 0 Å². The maximum atomic E-state index is 10.5. The first-order chi connectivity index (χ1) is 9.70. The molecule has 0 aliphatic heterocycles. The van der Waals surface area contributed by atoms with Crippen molar-refractivity contribution in [2.75, 3.05) is 0 Å². The van der Waals surface area contributed by atoms with Crippen LogP contribution < -0.4 is 0 Å². The maximum Gasteiger partial charge on any atom is 0.309 e. The number of furan rings is 1. The number of hydrogen-bond acceptors (Lipinski definition) is 7. The van der Waals surface area contributed by atoms with Gasteiger partial charge in [0.05, 0.1) is 18.4 Å². The first-order valence-corrected chi connectivity index (χ1v) is 5.68. The van der Waals surface area contributed by atoms with E-state index in [9.17, 15) is 4.79 Å². The van der Waals surface area contributed by atoms with Crippen LogP contribution in [-0.4, -0.2) is 36.2 Å². The molecule has 0 aliphatic carbocycles. The molecular weight excluding hydrogens is 266 g/mol. The molecule has 3 heterocycles. The van der Waals surface area contributed by atoms with Crippen molar-refractivity contribution < 1.29 is 18.8 Å². The Morgan fingerprint density at radius 2 is 2.35 bits per heavy atom. The monoisotopic (exact) mass is 275 g/mol. The average Bonchev–Trinajstić information content (AvgIpc) is 3.09. The lowest BCUT2D eigenvalue weighted by Crippen LogP contribution is -2.01. The molecule has 20 heavy (non-hydrogen) atoms. The molecule has 0 bridgehead atoms. The van der Waals surface area contributed by atoms with E-state index in [0.29, 0.717) is 23.2 Å². The quantitative estimate of drug-likeness (QED) is 0.718.